The molecule has 1 aromatic carbocycles. The van der Waals surface area contributed by atoms with E-state index in [9.17, 15) is 9.90 Å². The lowest BCUT2D eigenvalue weighted by atomic mass is 9.74. The van der Waals surface area contributed by atoms with E-state index in [1.54, 1.807) is 14.2 Å². The van der Waals surface area contributed by atoms with Gasteiger partial charge in [-0.3, -0.25) is 4.79 Å². The standard InChI is InChI=1S/C27H45ClN2O4/c1-26(2,20-34-4)18-24(29)12-13-25(31)30-15-8-10-22(19-30)27(32,14-5-6-16-33-3)21-9-7-11-23(28)17-21/h7,9,11,17,22,24,32H,5-6,8,10,12-16,18-20,29H2,1-4H3/t22-,24-,27-/m1/s1. The quantitative estimate of drug-likeness (QED) is 0.363. The fourth-order valence-corrected chi connectivity index (χ4v) is 5.50. The van der Waals surface area contributed by atoms with Crippen molar-refractivity contribution in [2.45, 2.75) is 76.9 Å². The maximum atomic E-state index is 13.1. The molecule has 2 rings (SSSR count). The molecule has 1 aliphatic heterocycles. The molecule has 0 bridgehead atoms. The number of unbranched alkanes of at least 4 members (excludes halogenated alkanes) is 1. The first-order valence-corrected chi connectivity index (χ1v) is 13.0. The van der Waals surface area contributed by atoms with Gasteiger partial charge < -0.3 is 25.2 Å². The van der Waals surface area contributed by atoms with Gasteiger partial charge in [0.05, 0.1) is 12.2 Å². The van der Waals surface area contributed by atoms with Crippen LogP contribution in [0.2, 0.25) is 5.02 Å². The van der Waals surface area contributed by atoms with Crippen LogP contribution in [0.1, 0.15) is 70.8 Å². The molecule has 7 heteroatoms. The second-order valence-corrected chi connectivity index (χ2v) is 11.1. The molecule has 0 spiro atoms. The molecule has 1 aliphatic rings. The summed E-state index contributed by atoms with van der Waals surface area (Å²) in [6.07, 6.45) is 5.99. The molecule has 194 valence electrons. The van der Waals surface area contributed by atoms with E-state index in [0.29, 0.717) is 44.0 Å². The van der Waals surface area contributed by atoms with E-state index in [1.165, 1.54) is 0 Å². The van der Waals surface area contributed by atoms with E-state index >= 15 is 0 Å². The van der Waals surface area contributed by atoms with Crippen molar-refractivity contribution in [2.24, 2.45) is 17.1 Å². The summed E-state index contributed by atoms with van der Waals surface area (Å²) in [4.78, 5) is 15.0. The molecule has 6 nitrogen and oxygen atoms in total. The molecule has 0 saturated carbocycles. The molecular weight excluding hydrogens is 452 g/mol. The number of amides is 1. The number of ether oxygens (including phenoxy) is 2. The zero-order valence-corrected chi connectivity index (χ0v) is 22.3. The maximum Gasteiger partial charge on any atom is 0.222 e. The predicted octanol–water partition coefficient (Wildman–Crippen LogP) is 4.75. The van der Waals surface area contributed by atoms with Gasteiger partial charge in [-0.1, -0.05) is 37.6 Å². The molecule has 1 amide bonds. The molecule has 3 N–H and O–H groups in total. The summed E-state index contributed by atoms with van der Waals surface area (Å²) in [6.45, 7) is 6.87. The van der Waals surface area contributed by atoms with Crippen LogP contribution in [0.15, 0.2) is 24.3 Å². The topological polar surface area (TPSA) is 85.0 Å². The lowest BCUT2D eigenvalue weighted by molar-refractivity contribution is -0.137. The highest BCUT2D eigenvalue weighted by Crippen LogP contribution is 2.40. The minimum atomic E-state index is -1.03. The summed E-state index contributed by atoms with van der Waals surface area (Å²) in [5.41, 5.74) is 6.14. The number of halogens is 1. The highest BCUT2D eigenvalue weighted by Gasteiger charge is 2.41. The average Bonchev–Trinajstić information content (AvgIpc) is 2.80. The number of rotatable bonds is 14. The second kappa shape index (κ2) is 13.8. The molecular formula is C27H45ClN2O4. The van der Waals surface area contributed by atoms with Gasteiger partial charge in [0.1, 0.15) is 0 Å². The number of nitrogens with zero attached hydrogens (tertiary/aromatic N) is 1. The first-order chi connectivity index (χ1) is 16.1. The van der Waals surface area contributed by atoms with Crippen LogP contribution < -0.4 is 5.73 Å². The average molecular weight is 497 g/mol. The lowest BCUT2D eigenvalue weighted by Crippen LogP contribution is -2.48. The minimum absolute atomic E-state index is 0.0102. The van der Waals surface area contributed by atoms with E-state index in [-0.39, 0.29) is 23.3 Å². The van der Waals surface area contributed by atoms with Crippen LogP contribution in [0, 0.1) is 11.3 Å². The number of likely N-dealkylation sites (tertiary alicyclic amines) is 1. The molecule has 0 aromatic heterocycles. The fourth-order valence-electron chi connectivity index (χ4n) is 5.30. The van der Waals surface area contributed by atoms with Gasteiger partial charge in [0.2, 0.25) is 5.91 Å². The van der Waals surface area contributed by atoms with E-state index < -0.39 is 5.60 Å². The zero-order valence-electron chi connectivity index (χ0n) is 21.5. The summed E-state index contributed by atoms with van der Waals surface area (Å²) in [5.74, 6) is 0.0815. The molecule has 34 heavy (non-hydrogen) atoms. The Hall–Kier alpha value is -1.18. The SMILES string of the molecule is COCCCC[C@@](O)(c1cccc(Cl)c1)[C@@H]1CCCN(C(=O)CC[C@@H](N)CC(C)(C)COC)C1. The first kappa shape index (κ1) is 29.1. The van der Waals surface area contributed by atoms with E-state index in [0.717, 1.165) is 44.2 Å². The van der Waals surface area contributed by atoms with Gasteiger partial charge in [-0.05, 0) is 68.1 Å². The Morgan fingerprint density at radius 3 is 2.74 bits per heavy atom. The number of piperidine rings is 1. The molecule has 0 unspecified atom stereocenters. The van der Waals surface area contributed by atoms with Crippen LogP contribution in [-0.2, 0) is 19.9 Å². The van der Waals surface area contributed by atoms with Gasteiger partial charge in [-0.15, -0.1) is 0 Å². The third-order valence-corrected chi connectivity index (χ3v) is 7.24. The number of hydrogen-bond acceptors (Lipinski definition) is 5. The molecule has 1 heterocycles. The molecule has 1 fully saturated rings. The van der Waals surface area contributed by atoms with Crippen molar-refractivity contribution in [3.8, 4) is 0 Å². The number of benzene rings is 1. The van der Waals surface area contributed by atoms with Gasteiger partial charge >= 0.3 is 0 Å². The van der Waals surface area contributed by atoms with Crippen LogP contribution in [0.3, 0.4) is 0 Å². The lowest BCUT2D eigenvalue weighted by Gasteiger charge is -2.43. The Kier molecular flexibility index (Phi) is 11.8. The van der Waals surface area contributed by atoms with Crippen LogP contribution in [0.5, 0.6) is 0 Å². The van der Waals surface area contributed by atoms with Crippen molar-refractivity contribution < 1.29 is 19.4 Å². The van der Waals surface area contributed by atoms with Crippen molar-refractivity contribution in [3.05, 3.63) is 34.9 Å². The van der Waals surface area contributed by atoms with E-state index in [4.69, 9.17) is 26.8 Å². The van der Waals surface area contributed by atoms with Gasteiger partial charge in [-0.25, -0.2) is 0 Å². The van der Waals surface area contributed by atoms with Crippen molar-refractivity contribution in [3.63, 3.8) is 0 Å². The molecule has 1 aromatic rings. The van der Waals surface area contributed by atoms with Crippen molar-refractivity contribution in [2.75, 3.05) is 40.5 Å². The van der Waals surface area contributed by atoms with Crippen molar-refractivity contribution in [1.29, 1.82) is 0 Å². The number of methoxy groups -OCH3 is 2. The summed E-state index contributed by atoms with van der Waals surface area (Å²) in [6, 6.07) is 7.47. The predicted molar refractivity (Wildman–Crippen MR) is 138 cm³/mol. The van der Waals surface area contributed by atoms with Crippen LogP contribution in [0.4, 0.5) is 0 Å². The molecule has 0 aliphatic carbocycles. The smallest absolute Gasteiger partial charge is 0.222 e. The minimum Gasteiger partial charge on any atom is -0.385 e. The van der Waals surface area contributed by atoms with E-state index in [1.807, 2.05) is 29.2 Å². The van der Waals surface area contributed by atoms with Gasteiger partial charge in [-0.2, -0.15) is 0 Å². The highest BCUT2D eigenvalue weighted by atomic mass is 35.5. The number of carbonyl (C=O) groups is 1. The third kappa shape index (κ3) is 8.80. The van der Waals surface area contributed by atoms with Crippen molar-refractivity contribution in [1.82, 2.24) is 4.90 Å². The third-order valence-electron chi connectivity index (χ3n) is 7.01. The number of aliphatic hydroxyl groups is 1. The van der Waals surface area contributed by atoms with E-state index in [2.05, 4.69) is 13.8 Å². The number of nitrogens with two attached hydrogens (primary N) is 1. The summed E-state index contributed by atoms with van der Waals surface area (Å²) in [7, 11) is 3.39. The normalized spacial score (nSPS) is 19.6. The Morgan fingerprint density at radius 2 is 2.06 bits per heavy atom. The summed E-state index contributed by atoms with van der Waals surface area (Å²) in [5, 5.41) is 12.6. The number of carbonyl (C=O) groups excluding carboxylic acids is 1. The monoisotopic (exact) mass is 496 g/mol. The Morgan fingerprint density at radius 1 is 1.29 bits per heavy atom. The highest BCUT2D eigenvalue weighted by molar-refractivity contribution is 6.30. The second-order valence-electron chi connectivity index (χ2n) is 10.7. The first-order valence-electron chi connectivity index (χ1n) is 12.6. The Labute approximate surface area is 211 Å². The molecule has 1 saturated heterocycles. The molecule has 3 atom stereocenters. The van der Waals surface area contributed by atoms with Crippen molar-refractivity contribution >= 4 is 17.5 Å². The number of hydrogen-bond donors (Lipinski definition) is 2. The summed E-state index contributed by atoms with van der Waals surface area (Å²) < 4.78 is 10.5. The largest absolute Gasteiger partial charge is 0.385 e. The van der Waals surface area contributed by atoms with Gasteiger partial charge in [0.15, 0.2) is 0 Å². The fraction of sp³-hybridized carbons (Fsp3) is 0.741. The maximum absolute atomic E-state index is 13.1. The van der Waals surface area contributed by atoms with Crippen LogP contribution >= 0.6 is 11.6 Å². The van der Waals surface area contributed by atoms with Gasteiger partial charge in [0, 0.05) is 57.3 Å². The van der Waals surface area contributed by atoms with Gasteiger partial charge in [0.25, 0.3) is 0 Å². The van der Waals surface area contributed by atoms with Crippen LogP contribution in [-0.4, -0.2) is 62.5 Å². The Balaban J connectivity index is 2.04. The molecule has 0 radical (unpaired) electrons. The summed E-state index contributed by atoms with van der Waals surface area (Å²) >= 11 is 6.27. The zero-order chi connectivity index (χ0) is 25.2. The van der Waals surface area contributed by atoms with Crippen LogP contribution in [0.25, 0.3) is 0 Å². The Bertz CT molecular complexity index is 760.